The normalized spacial score (nSPS) is 11.7. The number of aryl methyl sites for hydroxylation is 1. The average Bonchev–Trinajstić information content (AvgIpc) is 2.76. The van der Waals surface area contributed by atoms with Gasteiger partial charge in [0.15, 0.2) is 6.61 Å². The Morgan fingerprint density at radius 2 is 1.91 bits per heavy atom. The van der Waals surface area contributed by atoms with E-state index in [2.05, 4.69) is 37.1 Å². The topological polar surface area (TPSA) is 109 Å². The minimum atomic E-state index is -0.869. The number of halogens is 1. The molecule has 0 heterocycles. The molecule has 1 atom stereocenters. The number of amides is 3. The first-order valence-electron chi connectivity index (χ1n) is 10.1. The second-order valence-corrected chi connectivity index (χ2v) is 8.16. The Balaban J connectivity index is 1.99. The molecule has 0 saturated carbocycles. The number of carbonyl (C=O) groups is 3. The lowest BCUT2D eigenvalue weighted by Crippen LogP contribution is -2.41. The molecule has 0 bridgehead atoms. The quantitative estimate of drug-likeness (QED) is 0.291. The van der Waals surface area contributed by atoms with Crippen molar-refractivity contribution in [2.45, 2.75) is 40.2 Å². The summed E-state index contributed by atoms with van der Waals surface area (Å²) in [5.41, 5.74) is 5.50. The third-order valence-corrected chi connectivity index (χ3v) is 5.27. The summed E-state index contributed by atoms with van der Waals surface area (Å²) in [6, 6.07) is 10.7. The zero-order chi connectivity index (χ0) is 23.7. The summed E-state index contributed by atoms with van der Waals surface area (Å²) in [4.78, 5) is 36.0. The number of carbonyl (C=O) groups excluding carboxylic acids is 3. The molecule has 32 heavy (non-hydrogen) atoms. The van der Waals surface area contributed by atoms with Crippen molar-refractivity contribution in [2.75, 3.05) is 11.9 Å². The van der Waals surface area contributed by atoms with E-state index in [0.717, 1.165) is 21.3 Å². The van der Waals surface area contributed by atoms with Gasteiger partial charge < -0.3 is 15.4 Å². The van der Waals surface area contributed by atoms with Crippen LogP contribution in [0.3, 0.4) is 0 Å². The van der Waals surface area contributed by atoms with Crippen LogP contribution in [0.1, 0.15) is 37.0 Å². The van der Waals surface area contributed by atoms with Gasteiger partial charge in [-0.25, -0.2) is 5.43 Å². The summed E-state index contributed by atoms with van der Waals surface area (Å²) in [6.07, 6.45) is 2.05. The van der Waals surface area contributed by atoms with Crippen molar-refractivity contribution in [1.82, 2.24) is 10.7 Å². The fourth-order valence-corrected chi connectivity index (χ4v) is 2.95. The number of nitrogens with zero attached hydrogens (tertiary/aromatic N) is 1. The van der Waals surface area contributed by atoms with Gasteiger partial charge in [0.25, 0.3) is 5.91 Å². The van der Waals surface area contributed by atoms with E-state index in [9.17, 15) is 14.4 Å². The number of hydrogen-bond acceptors (Lipinski definition) is 5. The van der Waals surface area contributed by atoms with E-state index in [1.54, 1.807) is 25.1 Å². The van der Waals surface area contributed by atoms with Crippen LogP contribution in [0.15, 0.2) is 46.0 Å². The Morgan fingerprint density at radius 1 is 1.16 bits per heavy atom. The van der Waals surface area contributed by atoms with Gasteiger partial charge in [0.1, 0.15) is 5.75 Å². The molecule has 0 aliphatic carbocycles. The van der Waals surface area contributed by atoms with Gasteiger partial charge in [-0.2, -0.15) is 5.10 Å². The smallest absolute Gasteiger partial charge is 0.329 e. The maximum absolute atomic E-state index is 12.3. The second kappa shape index (κ2) is 12.0. The highest BCUT2D eigenvalue weighted by atomic mass is 79.9. The number of anilines is 1. The molecule has 3 amide bonds. The largest absolute Gasteiger partial charge is 0.483 e. The Bertz CT molecular complexity index is 1020. The van der Waals surface area contributed by atoms with Crippen molar-refractivity contribution in [1.29, 1.82) is 0 Å². The van der Waals surface area contributed by atoms with Crippen molar-refractivity contribution in [3.63, 3.8) is 0 Å². The Kier molecular flexibility index (Phi) is 9.39. The molecule has 0 aromatic heterocycles. The molecule has 0 aliphatic rings. The van der Waals surface area contributed by atoms with Gasteiger partial charge in [0.2, 0.25) is 0 Å². The van der Waals surface area contributed by atoms with Crippen LogP contribution in [0, 0.1) is 13.8 Å². The molecule has 0 saturated heterocycles. The van der Waals surface area contributed by atoms with E-state index in [-0.39, 0.29) is 18.6 Å². The average molecular weight is 503 g/mol. The van der Waals surface area contributed by atoms with E-state index in [4.69, 9.17) is 4.74 Å². The van der Waals surface area contributed by atoms with Crippen LogP contribution in [-0.4, -0.2) is 36.6 Å². The molecule has 0 radical (unpaired) electrons. The maximum Gasteiger partial charge on any atom is 0.329 e. The number of benzene rings is 2. The zero-order valence-corrected chi connectivity index (χ0v) is 20.1. The molecule has 3 N–H and O–H groups in total. The maximum atomic E-state index is 12.3. The molecule has 170 valence electrons. The van der Waals surface area contributed by atoms with Crippen LogP contribution in [-0.2, 0) is 14.4 Å². The lowest BCUT2D eigenvalue weighted by Gasteiger charge is -2.12. The fraction of sp³-hybridized carbons (Fsp3) is 0.304. The number of hydrogen-bond donors (Lipinski definition) is 3. The summed E-state index contributed by atoms with van der Waals surface area (Å²) in [5.74, 6) is -1.54. The molecular formula is C23H27BrN4O4. The van der Waals surface area contributed by atoms with Gasteiger partial charge in [0.05, 0.1) is 6.21 Å². The van der Waals surface area contributed by atoms with Crippen molar-refractivity contribution >= 4 is 45.6 Å². The molecule has 2 aromatic rings. The van der Waals surface area contributed by atoms with E-state index in [1.807, 2.05) is 39.0 Å². The monoisotopic (exact) mass is 502 g/mol. The summed E-state index contributed by atoms with van der Waals surface area (Å²) >= 11 is 3.37. The van der Waals surface area contributed by atoms with Crippen molar-refractivity contribution < 1.29 is 19.1 Å². The number of hydrazone groups is 1. The summed E-state index contributed by atoms with van der Waals surface area (Å²) in [5, 5.41) is 9.22. The van der Waals surface area contributed by atoms with Gasteiger partial charge in [-0.15, -0.1) is 0 Å². The lowest BCUT2D eigenvalue weighted by atomic mass is 10.1. The van der Waals surface area contributed by atoms with Crippen LogP contribution < -0.4 is 20.8 Å². The molecule has 9 heteroatoms. The zero-order valence-electron chi connectivity index (χ0n) is 18.5. The number of ether oxygens (including phenoxy) is 1. The van der Waals surface area contributed by atoms with Gasteiger partial charge in [-0.3, -0.25) is 14.4 Å². The highest BCUT2D eigenvalue weighted by Gasteiger charge is 2.14. The standard InChI is InChI=1S/C23H27BrN4O4/c1-5-15(3)26-22(30)23(31)28-25-12-17-11-18(24)9-10-20(17)32-13-21(29)27-19-8-6-7-14(2)16(19)4/h6-12,15H,5,13H2,1-4H3,(H,26,30)(H,27,29)(H,28,31)/b25-12-/t15-/m1/s1. The molecule has 2 aromatic carbocycles. The highest BCUT2D eigenvalue weighted by molar-refractivity contribution is 9.10. The Labute approximate surface area is 195 Å². The Hall–Kier alpha value is -3.20. The number of nitrogens with one attached hydrogen (secondary N) is 3. The van der Waals surface area contributed by atoms with Crippen molar-refractivity contribution in [3.8, 4) is 5.75 Å². The molecule has 0 spiro atoms. The first-order chi connectivity index (χ1) is 15.2. The predicted octanol–water partition coefficient (Wildman–Crippen LogP) is 3.45. The first-order valence-corrected chi connectivity index (χ1v) is 10.9. The van der Waals surface area contributed by atoms with E-state index < -0.39 is 11.8 Å². The van der Waals surface area contributed by atoms with Gasteiger partial charge in [-0.1, -0.05) is 35.0 Å². The van der Waals surface area contributed by atoms with Crippen LogP contribution in [0.4, 0.5) is 5.69 Å². The summed E-state index contributed by atoms with van der Waals surface area (Å²) in [6.45, 7) is 7.40. The van der Waals surface area contributed by atoms with Crippen molar-refractivity contribution in [2.24, 2.45) is 5.10 Å². The molecule has 0 aliphatic heterocycles. The molecule has 2 rings (SSSR count). The summed E-state index contributed by atoms with van der Waals surface area (Å²) < 4.78 is 6.41. The lowest BCUT2D eigenvalue weighted by molar-refractivity contribution is -0.139. The number of rotatable bonds is 8. The van der Waals surface area contributed by atoms with Crippen LogP contribution in [0.2, 0.25) is 0 Å². The minimum absolute atomic E-state index is 0.114. The van der Waals surface area contributed by atoms with Crippen LogP contribution >= 0.6 is 15.9 Å². The second-order valence-electron chi connectivity index (χ2n) is 7.25. The predicted molar refractivity (Wildman–Crippen MR) is 128 cm³/mol. The molecular weight excluding hydrogens is 476 g/mol. The van der Waals surface area contributed by atoms with E-state index in [1.165, 1.54) is 6.21 Å². The molecule has 0 unspecified atom stereocenters. The third-order valence-electron chi connectivity index (χ3n) is 4.78. The minimum Gasteiger partial charge on any atom is -0.483 e. The van der Waals surface area contributed by atoms with Crippen LogP contribution in [0.25, 0.3) is 0 Å². The SMILES string of the molecule is CC[C@@H](C)NC(=O)C(=O)N/N=C\c1cc(Br)ccc1OCC(=O)Nc1cccc(C)c1C. The molecule has 0 fully saturated rings. The molecule has 8 nitrogen and oxygen atoms in total. The van der Waals surface area contributed by atoms with Gasteiger partial charge >= 0.3 is 11.8 Å². The van der Waals surface area contributed by atoms with E-state index in [0.29, 0.717) is 17.7 Å². The van der Waals surface area contributed by atoms with Crippen molar-refractivity contribution in [3.05, 3.63) is 57.6 Å². The summed E-state index contributed by atoms with van der Waals surface area (Å²) in [7, 11) is 0. The van der Waals surface area contributed by atoms with Crippen LogP contribution in [0.5, 0.6) is 5.75 Å². The highest BCUT2D eigenvalue weighted by Crippen LogP contribution is 2.22. The fourth-order valence-electron chi connectivity index (χ4n) is 2.57. The first kappa shape index (κ1) is 25.1. The van der Waals surface area contributed by atoms with Gasteiger partial charge in [0, 0.05) is 21.8 Å². The van der Waals surface area contributed by atoms with Gasteiger partial charge in [-0.05, 0) is 62.6 Å². The third kappa shape index (κ3) is 7.49. The Morgan fingerprint density at radius 3 is 2.62 bits per heavy atom. The van der Waals surface area contributed by atoms with E-state index >= 15 is 0 Å².